The summed E-state index contributed by atoms with van der Waals surface area (Å²) in [6.07, 6.45) is 3.47. The van der Waals surface area contributed by atoms with Gasteiger partial charge in [0.1, 0.15) is 5.78 Å². The molecule has 0 bridgehead atoms. The Bertz CT molecular complexity index is 201. The molecule has 82 valence electrons. The maximum atomic E-state index is 11.6. The minimum atomic E-state index is -0.166. The van der Waals surface area contributed by atoms with Gasteiger partial charge in [-0.05, 0) is 25.8 Å². The molecule has 2 heteroatoms. The molecule has 1 fully saturated rings. The molecule has 0 saturated heterocycles. The van der Waals surface area contributed by atoms with Crippen molar-refractivity contribution in [3.05, 3.63) is 0 Å². The standard InChI is InChI=1S/C12H23NO/c1-12(2,3)11(14)7-8-13(4)9-10-5-6-10/h10H,5-9H2,1-4H3. The van der Waals surface area contributed by atoms with Gasteiger partial charge in [0.05, 0.1) is 0 Å². The van der Waals surface area contributed by atoms with Crippen molar-refractivity contribution >= 4 is 5.78 Å². The van der Waals surface area contributed by atoms with Crippen LogP contribution in [0.1, 0.15) is 40.0 Å². The van der Waals surface area contributed by atoms with Crippen LogP contribution in [0.25, 0.3) is 0 Å². The van der Waals surface area contributed by atoms with Gasteiger partial charge in [-0.1, -0.05) is 20.8 Å². The van der Waals surface area contributed by atoms with Gasteiger partial charge in [-0.3, -0.25) is 4.79 Å². The SMILES string of the molecule is CN(CCC(=O)C(C)(C)C)CC1CC1. The fourth-order valence-corrected chi connectivity index (χ4v) is 1.50. The first-order valence-electron chi connectivity index (χ1n) is 5.61. The number of nitrogens with zero attached hydrogens (tertiary/aromatic N) is 1. The summed E-state index contributed by atoms with van der Waals surface area (Å²) in [4.78, 5) is 13.9. The highest BCUT2D eigenvalue weighted by molar-refractivity contribution is 5.83. The van der Waals surface area contributed by atoms with E-state index in [0.717, 1.165) is 12.5 Å². The van der Waals surface area contributed by atoms with Crippen LogP contribution < -0.4 is 0 Å². The fraction of sp³-hybridized carbons (Fsp3) is 0.917. The predicted octanol–water partition coefficient (Wildman–Crippen LogP) is 2.33. The van der Waals surface area contributed by atoms with Crippen LogP contribution in [-0.2, 0) is 4.79 Å². The highest BCUT2D eigenvalue weighted by atomic mass is 16.1. The molecule has 1 rings (SSSR count). The van der Waals surface area contributed by atoms with E-state index in [1.54, 1.807) is 0 Å². The molecule has 0 heterocycles. The largest absolute Gasteiger partial charge is 0.306 e. The first-order chi connectivity index (χ1) is 6.39. The predicted molar refractivity (Wildman–Crippen MR) is 59.3 cm³/mol. The van der Waals surface area contributed by atoms with Crippen LogP contribution in [0.5, 0.6) is 0 Å². The van der Waals surface area contributed by atoms with Crippen molar-refractivity contribution in [3.63, 3.8) is 0 Å². The molecule has 0 radical (unpaired) electrons. The third-order valence-corrected chi connectivity index (χ3v) is 2.82. The Labute approximate surface area is 87.7 Å². The fourth-order valence-electron chi connectivity index (χ4n) is 1.50. The number of rotatable bonds is 5. The molecule has 0 N–H and O–H groups in total. The van der Waals surface area contributed by atoms with Crippen molar-refractivity contribution in [2.75, 3.05) is 20.1 Å². The summed E-state index contributed by atoms with van der Waals surface area (Å²) in [5, 5.41) is 0. The van der Waals surface area contributed by atoms with E-state index in [1.807, 2.05) is 20.8 Å². The molecule has 1 saturated carbocycles. The Hall–Kier alpha value is -0.370. The lowest BCUT2D eigenvalue weighted by Gasteiger charge is -2.20. The van der Waals surface area contributed by atoms with Crippen LogP contribution in [0, 0.1) is 11.3 Å². The molecule has 0 aromatic rings. The second-order valence-electron chi connectivity index (χ2n) is 5.63. The molecule has 1 aliphatic carbocycles. The number of Topliss-reactive ketones (excluding diaryl/α,β-unsaturated/α-hetero) is 1. The molecule has 0 aliphatic heterocycles. The summed E-state index contributed by atoms with van der Waals surface area (Å²) >= 11 is 0. The normalized spacial score (nSPS) is 17.5. The topological polar surface area (TPSA) is 20.3 Å². The van der Waals surface area contributed by atoms with Crippen LogP contribution in [0.3, 0.4) is 0 Å². The molecule has 0 aromatic carbocycles. The van der Waals surface area contributed by atoms with Crippen molar-refractivity contribution in [2.24, 2.45) is 11.3 Å². The van der Waals surface area contributed by atoms with Crippen LogP contribution in [0.2, 0.25) is 0 Å². The number of ketones is 1. The zero-order valence-corrected chi connectivity index (χ0v) is 9.97. The molecule has 0 aromatic heterocycles. The molecule has 0 spiro atoms. The summed E-state index contributed by atoms with van der Waals surface area (Å²) in [5.74, 6) is 1.30. The van der Waals surface area contributed by atoms with Crippen LogP contribution >= 0.6 is 0 Å². The first kappa shape index (κ1) is 11.7. The van der Waals surface area contributed by atoms with Gasteiger partial charge in [-0.2, -0.15) is 0 Å². The summed E-state index contributed by atoms with van der Waals surface area (Å²) in [5.41, 5.74) is -0.166. The average Bonchev–Trinajstić information content (AvgIpc) is 2.82. The lowest BCUT2D eigenvalue weighted by Crippen LogP contribution is -2.28. The number of hydrogen-bond donors (Lipinski definition) is 0. The summed E-state index contributed by atoms with van der Waals surface area (Å²) in [7, 11) is 2.12. The number of hydrogen-bond acceptors (Lipinski definition) is 2. The third-order valence-electron chi connectivity index (χ3n) is 2.82. The highest BCUT2D eigenvalue weighted by Crippen LogP contribution is 2.29. The summed E-state index contributed by atoms with van der Waals surface area (Å²) in [6.45, 7) is 8.09. The Morgan fingerprint density at radius 3 is 2.36 bits per heavy atom. The van der Waals surface area contributed by atoms with E-state index in [-0.39, 0.29) is 5.41 Å². The van der Waals surface area contributed by atoms with Gasteiger partial charge >= 0.3 is 0 Å². The molecule has 0 amide bonds. The van der Waals surface area contributed by atoms with E-state index in [9.17, 15) is 4.79 Å². The lowest BCUT2D eigenvalue weighted by atomic mass is 9.89. The molecule has 1 aliphatic rings. The van der Waals surface area contributed by atoms with Crippen molar-refractivity contribution in [1.82, 2.24) is 4.90 Å². The molecule has 2 nitrogen and oxygen atoms in total. The summed E-state index contributed by atoms with van der Waals surface area (Å²) in [6, 6.07) is 0. The quantitative estimate of drug-likeness (QED) is 0.674. The van der Waals surface area contributed by atoms with Crippen molar-refractivity contribution < 1.29 is 4.79 Å². The van der Waals surface area contributed by atoms with Crippen LogP contribution in [0.4, 0.5) is 0 Å². The molecular formula is C12H23NO. The second-order valence-corrected chi connectivity index (χ2v) is 5.63. The maximum Gasteiger partial charge on any atom is 0.139 e. The molecular weight excluding hydrogens is 174 g/mol. The Balaban J connectivity index is 2.15. The van der Waals surface area contributed by atoms with Gasteiger partial charge < -0.3 is 4.90 Å². The van der Waals surface area contributed by atoms with E-state index in [1.165, 1.54) is 19.4 Å². The van der Waals surface area contributed by atoms with Gasteiger partial charge in [0.15, 0.2) is 0 Å². The van der Waals surface area contributed by atoms with Gasteiger partial charge in [0.25, 0.3) is 0 Å². The Kier molecular flexibility index (Phi) is 3.71. The van der Waals surface area contributed by atoms with E-state index >= 15 is 0 Å². The van der Waals surface area contributed by atoms with Gasteiger partial charge in [0.2, 0.25) is 0 Å². The minimum Gasteiger partial charge on any atom is -0.306 e. The van der Waals surface area contributed by atoms with Crippen LogP contribution in [-0.4, -0.2) is 30.8 Å². The lowest BCUT2D eigenvalue weighted by molar-refractivity contribution is -0.126. The number of carbonyl (C=O) groups is 1. The molecule has 0 atom stereocenters. The Morgan fingerprint density at radius 2 is 1.93 bits per heavy atom. The zero-order valence-electron chi connectivity index (χ0n) is 9.97. The van der Waals surface area contributed by atoms with E-state index in [2.05, 4.69) is 11.9 Å². The third kappa shape index (κ3) is 4.23. The van der Waals surface area contributed by atoms with Crippen molar-refractivity contribution in [2.45, 2.75) is 40.0 Å². The Morgan fingerprint density at radius 1 is 1.36 bits per heavy atom. The van der Waals surface area contributed by atoms with Gasteiger partial charge in [-0.15, -0.1) is 0 Å². The number of carbonyl (C=O) groups excluding carboxylic acids is 1. The average molecular weight is 197 g/mol. The first-order valence-corrected chi connectivity index (χ1v) is 5.61. The van der Waals surface area contributed by atoms with Crippen LogP contribution in [0.15, 0.2) is 0 Å². The smallest absolute Gasteiger partial charge is 0.139 e. The minimum absolute atomic E-state index is 0.166. The van der Waals surface area contributed by atoms with Crippen molar-refractivity contribution in [1.29, 1.82) is 0 Å². The highest BCUT2D eigenvalue weighted by Gasteiger charge is 2.24. The maximum absolute atomic E-state index is 11.6. The zero-order chi connectivity index (χ0) is 10.8. The van der Waals surface area contributed by atoms with Gasteiger partial charge in [-0.25, -0.2) is 0 Å². The van der Waals surface area contributed by atoms with E-state index in [0.29, 0.717) is 12.2 Å². The van der Waals surface area contributed by atoms with Crippen molar-refractivity contribution in [3.8, 4) is 0 Å². The van der Waals surface area contributed by atoms with Gasteiger partial charge in [0, 0.05) is 24.9 Å². The second kappa shape index (κ2) is 4.43. The summed E-state index contributed by atoms with van der Waals surface area (Å²) < 4.78 is 0. The molecule has 14 heavy (non-hydrogen) atoms. The van der Waals surface area contributed by atoms with E-state index in [4.69, 9.17) is 0 Å². The molecule has 0 unspecified atom stereocenters. The monoisotopic (exact) mass is 197 g/mol. The van der Waals surface area contributed by atoms with E-state index < -0.39 is 0 Å².